The average molecular weight is 629 g/mol. The second-order valence-electron chi connectivity index (χ2n) is 11.6. The molecule has 0 spiro atoms. The lowest BCUT2D eigenvalue weighted by Gasteiger charge is -2.39. The quantitative estimate of drug-likeness (QED) is 0.159. The summed E-state index contributed by atoms with van der Waals surface area (Å²) in [6.45, 7) is 5.43. The smallest absolute Gasteiger partial charge is 0.275 e. The number of hydrogen-bond donors (Lipinski definition) is 7. The number of aromatic nitrogens is 4. The van der Waals surface area contributed by atoms with Gasteiger partial charge in [0.15, 0.2) is 41.6 Å². The Morgan fingerprint density at radius 1 is 1.25 bits per heavy atom. The van der Waals surface area contributed by atoms with E-state index in [1.54, 1.807) is 16.3 Å². The van der Waals surface area contributed by atoms with Crippen molar-refractivity contribution < 1.29 is 24.5 Å². The van der Waals surface area contributed by atoms with E-state index in [1.165, 1.54) is 12.7 Å². The number of amidine groups is 1. The van der Waals surface area contributed by atoms with Crippen molar-refractivity contribution in [3.05, 3.63) is 24.9 Å². The lowest BCUT2D eigenvalue weighted by atomic mass is 9.91. The van der Waals surface area contributed by atoms with Crippen molar-refractivity contribution in [3.63, 3.8) is 0 Å². The van der Waals surface area contributed by atoms with Crippen LogP contribution >= 0.6 is 11.8 Å². The van der Waals surface area contributed by atoms with Crippen LogP contribution in [0.4, 0.5) is 5.82 Å². The molecule has 1 fully saturated rings. The number of nitrogen functional groups attached to an aromatic ring is 1. The Bertz CT molecular complexity index is 1530. The van der Waals surface area contributed by atoms with Gasteiger partial charge < -0.3 is 41.5 Å². The number of thioether (sulfide) groups is 1. The first-order valence-electron chi connectivity index (χ1n) is 14.3. The van der Waals surface area contributed by atoms with Crippen molar-refractivity contribution in [2.24, 2.45) is 15.7 Å². The number of aliphatic hydroxyl groups excluding tert-OH is 2. The minimum absolute atomic E-state index is 0.0733. The zero-order chi connectivity index (χ0) is 31.2. The van der Waals surface area contributed by atoms with Gasteiger partial charge in [0, 0.05) is 30.6 Å². The topological polar surface area (TPSA) is 244 Å². The molecule has 0 radical (unpaired) electrons. The number of rotatable bonds is 8. The van der Waals surface area contributed by atoms with Gasteiger partial charge in [-0.25, -0.2) is 19.9 Å². The highest BCUT2D eigenvalue weighted by Crippen LogP contribution is 2.34. The molecule has 6 rings (SSSR count). The number of amides is 2. The SMILES string of the molecule is CC1(C)NC2=NC(N)NC(=O)C2=NC1C(=O)NCCN1C=C[C@@H](SC[C@H]2O[C@@H](n3cnc4c(N)ncnc43)[C@H](O)[C@@H]2O)CC1. The summed E-state index contributed by atoms with van der Waals surface area (Å²) in [4.78, 5) is 48.4. The molecule has 17 nitrogen and oxygen atoms in total. The summed E-state index contributed by atoms with van der Waals surface area (Å²) in [7, 11) is 0. The van der Waals surface area contributed by atoms with Crippen LogP contribution in [-0.4, -0.2) is 125 Å². The first-order valence-corrected chi connectivity index (χ1v) is 15.3. The molecule has 18 heteroatoms. The van der Waals surface area contributed by atoms with E-state index >= 15 is 0 Å². The minimum atomic E-state index is -1.16. The Kier molecular flexibility index (Phi) is 8.18. The van der Waals surface area contributed by atoms with E-state index in [-0.39, 0.29) is 22.7 Å². The fraction of sp³-hybridized carbons (Fsp3) is 0.577. The zero-order valence-corrected chi connectivity index (χ0v) is 25.0. The largest absolute Gasteiger partial charge is 0.387 e. The predicted molar refractivity (Wildman–Crippen MR) is 162 cm³/mol. The molecular weight excluding hydrogens is 592 g/mol. The van der Waals surface area contributed by atoms with Gasteiger partial charge in [-0.05, 0) is 26.5 Å². The van der Waals surface area contributed by atoms with E-state index in [9.17, 15) is 19.8 Å². The maximum atomic E-state index is 13.0. The molecular formula is C26H36N12O5S. The van der Waals surface area contributed by atoms with Gasteiger partial charge in [0.25, 0.3) is 5.91 Å². The molecule has 0 aliphatic carbocycles. The first kappa shape index (κ1) is 30.2. The fourth-order valence-electron chi connectivity index (χ4n) is 5.60. The van der Waals surface area contributed by atoms with Crippen molar-refractivity contribution >= 4 is 52.1 Å². The van der Waals surface area contributed by atoms with Gasteiger partial charge in [-0.2, -0.15) is 11.8 Å². The highest BCUT2D eigenvalue weighted by molar-refractivity contribution is 8.00. The summed E-state index contributed by atoms with van der Waals surface area (Å²) >= 11 is 1.64. The van der Waals surface area contributed by atoms with E-state index in [1.807, 2.05) is 20.0 Å². The van der Waals surface area contributed by atoms with Crippen LogP contribution < -0.4 is 27.4 Å². The van der Waals surface area contributed by atoms with Gasteiger partial charge in [0.1, 0.15) is 24.1 Å². The van der Waals surface area contributed by atoms with Gasteiger partial charge in [-0.3, -0.25) is 24.9 Å². The molecule has 9 N–H and O–H groups in total. The number of imidazole rings is 1. The standard InChI is InChI=1S/C26H36N12O5S/c1-26(2)18(33-15-20(36-26)34-25(28)35-22(15)41)23(42)29-5-8-37-6-3-12(4-7-37)44-9-13-16(39)17(40)24(43-13)38-11-32-14-19(27)30-10-31-21(14)38/h3,6,10-13,16-18,24-25,39-40H,4-5,7-9,28H2,1-2H3,(H,29,42)(H,34,36)(H,35,41)(H2,27,30,31)/t12-,13-,16-,17-,18?,24-,25?/m1/s1. The van der Waals surface area contributed by atoms with Crippen molar-refractivity contribution in [1.29, 1.82) is 0 Å². The third-order valence-electron chi connectivity index (χ3n) is 8.00. The van der Waals surface area contributed by atoms with Crippen LogP contribution in [0.5, 0.6) is 0 Å². The maximum Gasteiger partial charge on any atom is 0.275 e. The van der Waals surface area contributed by atoms with E-state index in [0.717, 1.165) is 13.0 Å². The monoisotopic (exact) mass is 628 g/mol. The van der Waals surface area contributed by atoms with Crippen molar-refractivity contribution in [1.82, 2.24) is 40.4 Å². The number of ether oxygens (including phenoxy) is 1. The molecule has 6 heterocycles. The third kappa shape index (κ3) is 5.82. The lowest BCUT2D eigenvalue weighted by molar-refractivity contribution is -0.123. The lowest BCUT2D eigenvalue weighted by Crippen LogP contribution is -2.66. The predicted octanol–water partition coefficient (Wildman–Crippen LogP) is -2.57. The summed E-state index contributed by atoms with van der Waals surface area (Å²) in [5.74, 6) is 0.240. The Hall–Kier alpha value is -3.84. The molecule has 1 saturated heterocycles. The molecule has 2 aromatic heterocycles. The number of anilines is 1. The molecule has 2 amide bonds. The third-order valence-corrected chi connectivity index (χ3v) is 9.34. The molecule has 4 aliphatic heterocycles. The Morgan fingerprint density at radius 3 is 2.84 bits per heavy atom. The number of nitrogens with zero attached hydrogens (tertiary/aromatic N) is 7. The molecule has 0 bridgehead atoms. The van der Waals surface area contributed by atoms with E-state index in [2.05, 4.69) is 51.9 Å². The zero-order valence-electron chi connectivity index (χ0n) is 24.2. The summed E-state index contributed by atoms with van der Waals surface area (Å²) in [6, 6.07) is -0.820. The minimum Gasteiger partial charge on any atom is -0.387 e. The Morgan fingerprint density at radius 2 is 2.07 bits per heavy atom. The normalized spacial score (nSPS) is 31.2. The second-order valence-corrected chi connectivity index (χ2v) is 12.9. The molecule has 2 unspecified atom stereocenters. The summed E-state index contributed by atoms with van der Waals surface area (Å²) < 4.78 is 7.61. The van der Waals surface area contributed by atoms with E-state index in [0.29, 0.717) is 35.8 Å². The van der Waals surface area contributed by atoms with Crippen molar-refractivity contribution in [2.75, 3.05) is 31.1 Å². The van der Waals surface area contributed by atoms with Crippen molar-refractivity contribution in [3.8, 4) is 0 Å². The number of hydrogen-bond acceptors (Lipinski definition) is 15. The van der Waals surface area contributed by atoms with Gasteiger partial charge in [-0.15, -0.1) is 0 Å². The van der Waals surface area contributed by atoms with Gasteiger partial charge in [0.2, 0.25) is 5.91 Å². The van der Waals surface area contributed by atoms with Crippen LogP contribution in [0, 0.1) is 0 Å². The van der Waals surface area contributed by atoms with Crippen molar-refractivity contribution in [2.45, 2.75) is 67.9 Å². The summed E-state index contributed by atoms with van der Waals surface area (Å²) in [5, 5.41) is 30.2. The number of aliphatic hydroxyl groups is 2. The average Bonchev–Trinajstić information content (AvgIpc) is 3.53. The first-order chi connectivity index (χ1) is 21.0. The van der Waals surface area contributed by atoms with Gasteiger partial charge in [0.05, 0.1) is 18.0 Å². The fourth-order valence-corrected chi connectivity index (χ4v) is 6.77. The number of nitrogens with two attached hydrogens (primary N) is 2. The van der Waals surface area contributed by atoms with Crippen LogP contribution in [-0.2, 0) is 14.3 Å². The van der Waals surface area contributed by atoms with Crippen LogP contribution in [0.1, 0.15) is 26.5 Å². The molecule has 2 aromatic rings. The van der Waals surface area contributed by atoms with Crippen LogP contribution in [0.2, 0.25) is 0 Å². The molecule has 0 aromatic carbocycles. The number of carbonyl (C=O) groups excluding carboxylic acids is 2. The molecule has 0 saturated carbocycles. The number of aliphatic imine (C=N–C) groups is 2. The molecule has 7 atom stereocenters. The molecule has 236 valence electrons. The Balaban J connectivity index is 0.971. The second kappa shape index (κ2) is 11.9. The summed E-state index contributed by atoms with van der Waals surface area (Å²) in [6.07, 6.45) is 3.22. The Labute approximate surface area is 256 Å². The van der Waals surface area contributed by atoms with E-state index in [4.69, 9.17) is 16.2 Å². The van der Waals surface area contributed by atoms with Gasteiger partial charge >= 0.3 is 0 Å². The highest BCUT2D eigenvalue weighted by atomic mass is 32.2. The van der Waals surface area contributed by atoms with Gasteiger partial charge in [-0.1, -0.05) is 6.08 Å². The maximum absolute atomic E-state index is 13.0. The number of carbonyl (C=O) groups is 2. The van der Waals surface area contributed by atoms with Crippen LogP contribution in [0.25, 0.3) is 11.2 Å². The highest BCUT2D eigenvalue weighted by Gasteiger charge is 2.45. The number of fused-ring (bicyclic) bond motifs is 2. The molecule has 4 aliphatic rings. The number of nitrogens with one attached hydrogen (secondary N) is 3. The van der Waals surface area contributed by atoms with Crippen LogP contribution in [0.15, 0.2) is 34.9 Å². The summed E-state index contributed by atoms with van der Waals surface area (Å²) in [5.41, 5.74) is 11.7. The van der Waals surface area contributed by atoms with E-state index < -0.39 is 48.3 Å². The molecule has 44 heavy (non-hydrogen) atoms. The van der Waals surface area contributed by atoms with Crippen LogP contribution in [0.3, 0.4) is 0 Å².